The van der Waals surface area contributed by atoms with Crippen LogP contribution in [0.15, 0.2) is 36.5 Å². The Bertz CT molecular complexity index is 1090. The van der Waals surface area contributed by atoms with Crippen LogP contribution in [0.4, 0.5) is 5.69 Å². The van der Waals surface area contributed by atoms with E-state index >= 15 is 0 Å². The number of aromatic nitrogens is 1. The Hall–Kier alpha value is -2.06. The van der Waals surface area contributed by atoms with Gasteiger partial charge >= 0.3 is 0 Å². The molecule has 1 aliphatic carbocycles. The smallest absolute Gasteiger partial charge is 0.224 e. The lowest BCUT2D eigenvalue weighted by Crippen LogP contribution is -2.70. The van der Waals surface area contributed by atoms with Crippen molar-refractivity contribution in [2.75, 3.05) is 5.32 Å². The zero-order chi connectivity index (χ0) is 23.5. The number of anilines is 1. The van der Waals surface area contributed by atoms with E-state index in [1.54, 1.807) is 6.20 Å². The monoisotopic (exact) mass is 466 g/mol. The lowest BCUT2D eigenvalue weighted by Gasteiger charge is -2.60. The van der Waals surface area contributed by atoms with Gasteiger partial charge in [0.05, 0.1) is 23.5 Å². The molecule has 2 bridgehead atoms. The van der Waals surface area contributed by atoms with Gasteiger partial charge in [0.15, 0.2) is 11.9 Å². The van der Waals surface area contributed by atoms with Crippen LogP contribution in [0.5, 0.6) is 0 Å². The summed E-state index contributed by atoms with van der Waals surface area (Å²) in [5, 5.41) is 4.01. The van der Waals surface area contributed by atoms with Gasteiger partial charge in [0.2, 0.25) is 11.7 Å². The molecule has 182 valence electrons. The van der Waals surface area contributed by atoms with E-state index in [1.165, 1.54) is 6.42 Å². The van der Waals surface area contributed by atoms with Crippen LogP contribution < -0.4 is 5.32 Å². The Morgan fingerprint density at radius 1 is 1.15 bits per heavy atom. The molecule has 0 unspecified atom stereocenters. The second-order valence-corrected chi connectivity index (χ2v) is 10.9. The number of nitrogens with zero attached hydrogens (tertiary/aromatic N) is 1. The van der Waals surface area contributed by atoms with Gasteiger partial charge in [0, 0.05) is 24.1 Å². The van der Waals surface area contributed by atoms with Crippen LogP contribution in [0, 0.1) is 23.7 Å². The van der Waals surface area contributed by atoms with Crippen molar-refractivity contribution in [3.05, 3.63) is 36.5 Å². The van der Waals surface area contributed by atoms with Crippen LogP contribution in [-0.4, -0.2) is 34.7 Å². The number of hydrogen-bond donors (Lipinski definition) is 1. The summed E-state index contributed by atoms with van der Waals surface area (Å²) in [6, 6.07) is 9.85. The highest BCUT2D eigenvalue weighted by atomic mass is 17.3. The van der Waals surface area contributed by atoms with Crippen molar-refractivity contribution in [3.8, 4) is 0 Å². The topological polar surface area (TPSA) is 78.9 Å². The van der Waals surface area contributed by atoms with E-state index < -0.39 is 17.7 Å². The molecular formula is C27H34N2O5. The summed E-state index contributed by atoms with van der Waals surface area (Å²) in [6.07, 6.45) is 6.26. The molecule has 1 aromatic carbocycles. The number of benzene rings is 1. The molecule has 2 aromatic rings. The second-order valence-electron chi connectivity index (χ2n) is 10.9. The minimum Gasteiger partial charge on any atom is -0.346 e. The lowest BCUT2D eigenvalue weighted by molar-refractivity contribution is -0.571. The first-order chi connectivity index (χ1) is 16.4. The van der Waals surface area contributed by atoms with Crippen molar-refractivity contribution >= 4 is 22.5 Å². The van der Waals surface area contributed by atoms with E-state index in [4.69, 9.17) is 19.2 Å². The van der Waals surface area contributed by atoms with Crippen molar-refractivity contribution in [2.45, 2.75) is 83.1 Å². The molecule has 1 spiro atoms. The maximum absolute atomic E-state index is 12.8. The summed E-state index contributed by atoms with van der Waals surface area (Å²) >= 11 is 0. The average molecular weight is 467 g/mol. The minimum atomic E-state index is -0.775. The largest absolute Gasteiger partial charge is 0.346 e. The number of hydrogen-bond acceptors (Lipinski definition) is 6. The van der Waals surface area contributed by atoms with E-state index in [-0.39, 0.29) is 23.8 Å². The predicted octanol–water partition coefficient (Wildman–Crippen LogP) is 5.20. The maximum Gasteiger partial charge on any atom is 0.224 e. The Morgan fingerprint density at radius 2 is 2.00 bits per heavy atom. The lowest BCUT2D eigenvalue weighted by atomic mass is 9.57. The Morgan fingerprint density at radius 3 is 2.88 bits per heavy atom. The van der Waals surface area contributed by atoms with Crippen molar-refractivity contribution in [1.29, 1.82) is 0 Å². The van der Waals surface area contributed by atoms with Gasteiger partial charge < -0.3 is 14.8 Å². The molecule has 1 amide bonds. The Kier molecular flexibility index (Phi) is 5.44. The maximum atomic E-state index is 12.8. The van der Waals surface area contributed by atoms with Gasteiger partial charge in [-0.1, -0.05) is 32.0 Å². The van der Waals surface area contributed by atoms with Crippen molar-refractivity contribution in [3.63, 3.8) is 0 Å². The summed E-state index contributed by atoms with van der Waals surface area (Å²) in [5.74, 6) is 0.623. The molecule has 1 N–H and O–H groups in total. The van der Waals surface area contributed by atoms with Crippen LogP contribution in [0.25, 0.3) is 10.9 Å². The number of para-hydroxylation sites is 1. The zero-order valence-corrected chi connectivity index (χ0v) is 20.2. The van der Waals surface area contributed by atoms with Crippen LogP contribution in [-0.2, 0) is 24.0 Å². The highest BCUT2D eigenvalue weighted by Gasteiger charge is 2.69. The normalized spacial score (nSPS) is 41.0. The number of carbonyl (C=O) groups excluding carboxylic acids is 1. The number of nitrogens with one attached hydrogen (secondary N) is 1. The summed E-state index contributed by atoms with van der Waals surface area (Å²) < 4.78 is 13.0. The first-order valence-corrected chi connectivity index (χ1v) is 12.7. The third-order valence-corrected chi connectivity index (χ3v) is 8.83. The fourth-order valence-electron chi connectivity index (χ4n) is 6.95. The number of carbonyl (C=O) groups is 1. The zero-order valence-electron chi connectivity index (χ0n) is 20.2. The fourth-order valence-corrected chi connectivity index (χ4v) is 6.95. The third kappa shape index (κ3) is 3.56. The molecule has 5 fully saturated rings. The van der Waals surface area contributed by atoms with Gasteiger partial charge in [-0.15, -0.1) is 0 Å². The molecule has 7 heteroatoms. The van der Waals surface area contributed by atoms with Crippen molar-refractivity contribution < 1.29 is 24.0 Å². The molecule has 4 saturated heterocycles. The molecule has 4 aliphatic heterocycles. The number of ether oxygens (including phenoxy) is 2. The van der Waals surface area contributed by atoms with E-state index in [2.05, 4.69) is 24.1 Å². The van der Waals surface area contributed by atoms with Crippen molar-refractivity contribution in [2.24, 2.45) is 23.7 Å². The SMILES string of the molecule is C[C@H]1[C@@H](CCC(=O)Nc2cnc3ccccc3c2)O[C@@H]2O[C@]3(C)CC[C@H]4[C@H](C)CC[C@@H]1[C@@]24OO3. The highest BCUT2D eigenvalue weighted by Crippen LogP contribution is 2.60. The molecule has 7 nitrogen and oxygen atoms in total. The van der Waals surface area contributed by atoms with Gasteiger partial charge in [-0.3, -0.25) is 9.78 Å². The summed E-state index contributed by atoms with van der Waals surface area (Å²) in [6.45, 7) is 6.50. The Balaban J connectivity index is 1.16. The number of rotatable bonds is 4. The highest BCUT2D eigenvalue weighted by molar-refractivity contribution is 5.93. The summed E-state index contributed by atoms with van der Waals surface area (Å²) in [5.41, 5.74) is 1.08. The third-order valence-electron chi connectivity index (χ3n) is 8.83. The van der Waals surface area contributed by atoms with Crippen LogP contribution in [0.2, 0.25) is 0 Å². The van der Waals surface area contributed by atoms with Gasteiger partial charge in [-0.2, -0.15) is 0 Å². The van der Waals surface area contributed by atoms with Crippen LogP contribution in [0.1, 0.15) is 59.3 Å². The molecule has 5 aliphatic rings. The van der Waals surface area contributed by atoms with E-state index in [9.17, 15) is 4.79 Å². The van der Waals surface area contributed by atoms with Crippen molar-refractivity contribution in [1.82, 2.24) is 4.98 Å². The first-order valence-electron chi connectivity index (χ1n) is 12.7. The van der Waals surface area contributed by atoms with Crippen LogP contribution >= 0.6 is 0 Å². The number of pyridine rings is 1. The first kappa shape index (κ1) is 22.4. The average Bonchev–Trinajstić information content (AvgIpc) is 3.06. The summed E-state index contributed by atoms with van der Waals surface area (Å²) in [4.78, 5) is 29.3. The van der Waals surface area contributed by atoms with Gasteiger partial charge in [0.1, 0.15) is 0 Å². The van der Waals surface area contributed by atoms with E-state index in [0.29, 0.717) is 30.4 Å². The minimum absolute atomic E-state index is 0.0295. The van der Waals surface area contributed by atoms with Gasteiger partial charge in [-0.05, 0) is 62.5 Å². The molecule has 8 atom stereocenters. The molecule has 34 heavy (non-hydrogen) atoms. The van der Waals surface area contributed by atoms with Crippen LogP contribution in [0.3, 0.4) is 0 Å². The Labute approximate surface area is 200 Å². The molecule has 1 aromatic heterocycles. The van der Waals surface area contributed by atoms with Gasteiger partial charge in [-0.25, -0.2) is 9.78 Å². The molecule has 1 saturated carbocycles. The second kappa shape index (κ2) is 8.26. The van der Waals surface area contributed by atoms with Gasteiger partial charge in [0.25, 0.3) is 0 Å². The standard InChI is InChI=1S/C27H34N2O5/c1-16-8-9-21-17(2)23(31-25-27(21)20(16)12-13-26(3,32-25)33-34-27)10-11-24(30)29-19-14-18-6-4-5-7-22(18)28-15-19/h4-7,14-17,20-21,23,25H,8-13H2,1-3H3,(H,29,30)/t16-,17-,20+,21+,23-,25-,26+,27-/m1/s1. The summed E-state index contributed by atoms with van der Waals surface area (Å²) in [7, 11) is 0. The quantitative estimate of drug-likeness (QED) is 0.624. The number of fused-ring (bicyclic) bond motifs is 3. The van der Waals surface area contributed by atoms with E-state index in [1.807, 2.05) is 37.3 Å². The molecular weight excluding hydrogens is 432 g/mol. The molecule has 5 heterocycles. The predicted molar refractivity (Wildman–Crippen MR) is 126 cm³/mol. The fraction of sp³-hybridized carbons (Fsp3) is 0.630. The number of amides is 1. The van der Waals surface area contributed by atoms with E-state index in [0.717, 1.165) is 30.2 Å². The molecule has 0 radical (unpaired) electrons. The molecule has 7 rings (SSSR count).